The molecule has 1 amide bonds. The molecule has 3 aromatic rings. The molecule has 0 radical (unpaired) electrons. The van der Waals surface area contributed by atoms with Crippen molar-refractivity contribution in [2.45, 2.75) is 31.3 Å². The molecule has 1 N–H and O–H groups in total. The van der Waals surface area contributed by atoms with Gasteiger partial charge < -0.3 is 19.7 Å². The van der Waals surface area contributed by atoms with Crippen LogP contribution in [0.5, 0.6) is 11.5 Å². The van der Waals surface area contributed by atoms with Crippen molar-refractivity contribution in [3.8, 4) is 11.5 Å². The molecule has 38 heavy (non-hydrogen) atoms. The Kier molecular flexibility index (Phi) is 5.42. The number of carbonyl (C=O) groups excluding carboxylic acids is 3. The van der Waals surface area contributed by atoms with Crippen molar-refractivity contribution in [1.29, 1.82) is 0 Å². The second-order valence-corrected chi connectivity index (χ2v) is 10.1. The molecule has 7 heteroatoms. The summed E-state index contributed by atoms with van der Waals surface area (Å²) in [5.74, 6) is -1.01. The van der Waals surface area contributed by atoms with Crippen LogP contribution in [0.4, 0.5) is 11.4 Å². The Labute approximate surface area is 221 Å². The highest BCUT2D eigenvalue weighted by molar-refractivity contribution is 6.17. The fraction of sp³-hybridized carbons (Fsp3) is 0.258. The smallest absolute Gasteiger partial charge is 0.238 e. The van der Waals surface area contributed by atoms with E-state index in [1.54, 1.807) is 18.2 Å². The second-order valence-electron chi connectivity index (χ2n) is 10.1. The van der Waals surface area contributed by atoms with Gasteiger partial charge in [0.25, 0.3) is 0 Å². The minimum Gasteiger partial charge on any atom is -0.497 e. The van der Waals surface area contributed by atoms with Gasteiger partial charge in [0.1, 0.15) is 16.9 Å². The van der Waals surface area contributed by atoms with Crippen LogP contribution in [-0.4, -0.2) is 43.8 Å². The summed E-state index contributed by atoms with van der Waals surface area (Å²) in [6, 6.07) is 17.0. The molecule has 0 aliphatic carbocycles. The fourth-order valence-corrected chi connectivity index (χ4v) is 6.63. The first kappa shape index (κ1) is 24.0. The van der Waals surface area contributed by atoms with E-state index in [0.29, 0.717) is 22.7 Å². The predicted molar refractivity (Wildman–Crippen MR) is 145 cm³/mol. The number of ether oxygens (including phenoxy) is 2. The van der Waals surface area contributed by atoms with Gasteiger partial charge in [0.05, 0.1) is 37.8 Å². The number of ketones is 2. The summed E-state index contributed by atoms with van der Waals surface area (Å²) in [6.45, 7) is 3.50. The SMILES string of the molecule is COc1ccc(OC)c(C(=O)[C@@H]2[C@@H](C(C)=O)N3c4ccc(C)cc4C=C[C@@H]3[C@@]23C(=O)Nc2ccccc23)c1. The summed E-state index contributed by atoms with van der Waals surface area (Å²) < 4.78 is 11.0. The molecule has 3 aromatic carbocycles. The molecule has 4 atom stereocenters. The third kappa shape index (κ3) is 3.11. The zero-order valence-electron chi connectivity index (χ0n) is 21.6. The van der Waals surface area contributed by atoms with Crippen molar-refractivity contribution in [3.05, 3.63) is 89.0 Å². The molecule has 3 heterocycles. The van der Waals surface area contributed by atoms with Crippen LogP contribution in [0.3, 0.4) is 0 Å². The predicted octanol–water partition coefficient (Wildman–Crippen LogP) is 4.57. The van der Waals surface area contributed by atoms with Crippen molar-refractivity contribution in [1.82, 2.24) is 0 Å². The van der Waals surface area contributed by atoms with E-state index in [1.807, 2.05) is 60.4 Å². The van der Waals surface area contributed by atoms with Gasteiger partial charge in [0.15, 0.2) is 11.6 Å². The Hall–Kier alpha value is -4.39. The number of nitrogens with zero attached hydrogens (tertiary/aromatic N) is 1. The summed E-state index contributed by atoms with van der Waals surface area (Å²) in [7, 11) is 3.02. The fourth-order valence-electron chi connectivity index (χ4n) is 6.63. The van der Waals surface area contributed by atoms with Gasteiger partial charge in [-0.1, -0.05) is 42.0 Å². The van der Waals surface area contributed by atoms with E-state index in [1.165, 1.54) is 21.1 Å². The Morgan fingerprint density at radius 2 is 1.79 bits per heavy atom. The maximum absolute atomic E-state index is 14.7. The summed E-state index contributed by atoms with van der Waals surface area (Å²) in [5.41, 5.74) is 3.15. The average Bonchev–Trinajstić information content (AvgIpc) is 3.40. The Bertz CT molecular complexity index is 1540. The third-order valence-corrected chi connectivity index (χ3v) is 8.16. The summed E-state index contributed by atoms with van der Waals surface area (Å²) in [5, 5.41) is 3.02. The highest BCUT2D eigenvalue weighted by atomic mass is 16.5. The molecule has 192 valence electrons. The maximum atomic E-state index is 14.7. The van der Waals surface area contributed by atoms with E-state index in [0.717, 1.165) is 16.8 Å². The highest BCUT2D eigenvalue weighted by Gasteiger charge is 2.70. The lowest BCUT2D eigenvalue weighted by molar-refractivity contribution is -0.122. The number of hydrogen-bond acceptors (Lipinski definition) is 6. The number of anilines is 2. The van der Waals surface area contributed by atoms with Crippen LogP contribution < -0.4 is 19.7 Å². The van der Waals surface area contributed by atoms with E-state index in [9.17, 15) is 14.4 Å². The minimum absolute atomic E-state index is 0.189. The molecule has 0 unspecified atom stereocenters. The van der Waals surface area contributed by atoms with E-state index in [-0.39, 0.29) is 23.0 Å². The van der Waals surface area contributed by atoms with Crippen molar-refractivity contribution < 1.29 is 23.9 Å². The molecule has 1 saturated heterocycles. The second kappa shape index (κ2) is 8.58. The molecule has 3 aliphatic rings. The number of methoxy groups -OCH3 is 2. The van der Waals surface area contributed by atoms with E-state index in [4.69, 9.17) is 9.47 Å². The molecule has 1 fully saturated rings. The van der Waals surface area contributed by atoms with Gasteiger partial charge in [0.2, 0.25) is 5.91 Å². The first-order chi connectivity index (χ1) is 18.3. The minimum atomic E-state index is -1.34. The number of para-hydroxylation sites is 1. The zero-order chi connectivity index (χ0) is 26.8. The zero-order valence-corrected chi connectivity index (χ0v) is 21.6. The van der Waals surface area contributed by atoms with E-state index < -0.39 is 23.4 Å². The number of nitrogens with one attached hydrogen (secondary N) is 1. The van der Waals surface area contributed by atoms with Crippen molar-refractivity contribution in [2.24, 2.45) is 5.92 Å². The Morgan fingerprint density at radius 3 is 2.53 bits per heavy atom. The summed E-state index contributed by atoms with van der Waals surface area (Å²) in [4.78, 5) is 44.4. The molecule has 0 saturated carbocycles. The molecule has 3 aliphatic heterocycles. The summed E-state index contributed by atoms with van der Waals surface area (Å²) >= 11 is 0. The van der Waals surface area contributed by atoms with Crippen LogP contribution >= 0.6 is 0 Å². The van der Waals surface area contributed by atoms with Gasteiger partial charge in [0, 0.05) is 11.4 Å². The van der Waals surface area contributed by atoms with Gasteiger partial charge >= 0.3 is 0 Å². The van der Waals surface area contributed by atoms with Crippen LogP contribution in [0.25, 0.3) is 6.08 Å². The number of hydrogen-bond donors (Lipinski definition) is 1. The quantitative estimate of drug-likeness (QED) is 0.508. The van der Waals surface area contributed by atoms with Gasteiger partial charge in [-0.15, -0.1) is 0 Å². The number of aryl methyl sites for hydroxylation is 1. The molecule has 6 rings (SSSR count). The third-order valence-electron chi connectivity index (χ3n) is 8.16. The first-order valence-corrected chi connectivity index (χ1v) is 12.6. The number of Topliss-reactive ketones (excluding diaryl/α,β-unsaturated/α-hetero) is 2. The van der Waals surface area contributed by atoms with E-state index >= 15 is 0 Å². The standard InChI is InChI=1S/C31H28N2O5/c1-17-9-12-24-19(15-17)10-14-26-31(22-7-5-6-8-23(22)32-30(31)36)27(28(18(2)34)33(24)26)29(35)21-16-20(37-3)11-13-25(21)38-4/h5-16,26-28H,1-4H3,(H,32,36)/t26-,27+,28-,31-/m1/s1. The van der Waals surface area contributed by atoms with Gasteiger partial charge in [-0.05, 0) is 61.4 Å². The molecule has 0 aromatic heterocycles. The van der Waals surface area contributed by atoms with Crippen LogP contribution in [-0.2, 0) is 15.0 Å². The highest BCUT2D eigenvalue weighted by Crippen LogP contribution is 2.58. The topological polar surface area (TPSA) is 84.9 Å². The maximum Gasteiger partial charge on any atom is 0.238 e. The normalized spacial score (nSPS) is 24.5. The molecule has 0 bridgehead atoms. The van der Waals surface area contributed by atoms with Crippen molar-refractivity contribution >= 4 is 34.9 Å². The van der Waals surface area contributed by atoms with Crippen LogP contribution in [0, 0.1) is 12.8 Å². The van der Waals surface area contributed by atoms with Gasteiger partial charge in [-0.25, -0.2) is 0 Å². The number of rotatable bonds is 5. The van der Waals surface area contributed by atoms with Crippen molar-refractivity contribution in [3.63, 3.8) is 0 Å². The van der Waals surface area contributed by atoms with Crippen LogP contribution in [0.15, 0.2) is 66.7 Å². The number of benzene rings is 3. The Balaban J connectivity index is 1.66. The summed E-state index contributed by atoms with van der Waals surface area (Å²) in [6.07, 6.45) is 3.96. The van der Waals surface area contributed by atoms with Crippen molar-refractivity contribution in [2.75, 3.05) is 24.4 Å². The first-order valence-electron chi connectivity index (χ1n) is 12.6. The molecule has 7 nitrogen and oxygen atoms in total. The number of amides is 1. The lowest BCUT2D eigenvalue weighted by atomic mass is 9.64. The lowest BCUT2D eigenvalue weighted by Crippen LogP contribution is -2.51. The van der Waals surface area contributed by atoms with Gasteiger partial charge in [-0.2, -0.15) is 0 Å². The molecular weight excluding hydrogens is 480 g/mol. The number of carbonyl (C=O) groups is 3. The Morgan fingerprint density at radius 1 is 1.00 bits per heavy atom. The number of fused-ring (bicyclic) bond motifs is 6. The molecular formula is C31H28N2O5. The largest absolute Gasteiger partial charge is 0.497 e. The monoisotopic (exact) mass is 508 g/mol. The van der Waals surface area contributed by atoms with Crippen LogP contribution in [0.1, 0.15) is 34.0 Å². The average molecular weight is 509 g/mol. The molecule has 1 spiro atoms. The van der Waals surface area contributed by atoms with Gasteiger partial charge in [-0.3, -0.25) is 14.4 Å². The van der Waals surface area contributed by atoms with Crippen LogP contribution in [0.2, 0.25) is 0 Å². The van der Waals surface area contributed by atoms with E-state index in [2.05, 4.69) is 11.4 Å². The lowest BCUT2D eigenvalue weighted by Gasteiger charge is -2.37.